The minimum absolute atomic E-state index is 0.395. The topological polar surface area (TPSA) is 21.3 Å². The first-order valence-electron chi connectivity index (χ1n) is 6.29. The van der Waals surface area contributed by atoms with Gasteiger partial charge in [-0.3, -0.25) is 0 Å². The molecule has 0 aromatic heterocycles. The molecule has 0 saturated carbocycles. The summed E-state index contributed by atoms with van der Waals surface area (Å²) in [6.07, 6.45) is 8.88. The summed E-state index contributed by atoms with van der Waals surface area (Å²) in [5.74, 6) is 3.57. The fourth-order valence-electron chi connectivity index (χ4n) is 1.62. The van der Waals surface area contributed by atoms with E-state index in [-0.39, 0.29) is 0 Å². The van der Waals surface area contributed by atoms with Gasteiger partial charge < -0.3 is 10.1 Å². The van der Waals surface area contributed by atoms with E-state index in [1.54, 1.807) is 6.08 Å². The molecule has 0 spiro atoms. The van der Waals surface area contributed by atoms with E-state index in [1.165, 1.54) is 5.56 Å². The highest BCUT2D eigenvalue weighted by molar-refractivity contribution is 5.27. The fraction of sp³-hybridized carbons (Fsp3) is 0.375. The fourth-order valence-corrected chi connectivity index (χ4v) is 1.62. The second-order valence-corrected chi connectivity index (χ2v) is 4.14. The van der Waals surface area contributed by atoms with Crippen molar-refractivity contribution in [3.05, 3.63) is 42.5 Å². The lowest BCUT2D eigenvalue weighted by Crippen LogP contribution is -2.27. The summed E-state index contributed by atoms with van der Waals surface area (Å²) in [7, 11) is 0. The van der Waals surface area contributed by atoms with Gasteiger partial charge in [0, 0.05) is 19.0 Å². The highest BCUT2D eigenvalue weighted by Gasteiger charge is 2.03. The van der Waals surface area contributed by atoms with Crippen LogP contribution < -0.4 is 10.1 Å². The molecule has 1 unspecified atom stereocenters. The molecule has 0 saturated heterocycles. The van der Waals surface area contributed by atoms with Gasteiger partial charge >= 0.3 is 0 Å². The van der Waals surface area contributed by atoms with E-state index in [9.17, 15) is 0 Å². The van der Waals surface area contributed by atoms with Crippen LogP contribution in [0.5, 0.6) is 5.75 Å². The molecule has 1 aromatic rings. The van der Waals surface area contributed by atoms with Crippen LogP contribution in [0.15, 0.2) is 36.9 Å². The minimum atomic E-state index is 0.395. The summed E-state index contributed by atoms with van der Waals surface area (Å²) in [5.41, 5.74) is 1.23. The lowest BCUT2D eigenvalue weighted by Gasteiger charge is -2.14. The maximum absolute atomic E-state index is 5.43. The molecule has 0 aliphatic carbocycles. The Morgan fingerprint density at radius 1 is 1.44 bits per heavy atom. The first-order valence-corrected chi connectivity index (χ1v) is 6.29. The maximum Gasteiger partial charge on any atom is 0.119 e. The molecule has 2 heteroatoms. The molecule has 2 nitrogen and oxygen atoms in total. The SMILES string of the molecule is C#CCC(CC)NCc1ccc(OCC=C)cc1. The van der Waals surface area contributed by atoms with Crippen molar-refractivity contribution in [2.75, 3.05) is 6.61 Å². The number of rotatable bonds is 8. The van der Waals surface area contributed by atoms with E-state index in [2.05, 4.69) is 36.9 Å². The zero-order valence-corrected chi connectivity index (χ0v) is 11.0. The maximum atomic E-state index is 5.43. The van der Waals surface area contributed by atoms with Gasteiger partial charge in [-0.05, 0) is 24.1 Å². The van der Waals surface area contributed by atoms with E-state index >= 15 is 0 Å². The molecule has 0 heterocycles. The zero-order chi connectivity index (χ0) is 13.2. The number of nitrogens with one attached hydrogen (secondary N) is 1. The predicted molar refractivity (Wildman–Crippen MR) is 76.5 cm³/mol. The van der Waals surface area contributed by atoms with Gasteiger partial charge in [-0.25, -0.2) is 0 Å². The van der Waals surface area contributed by atoms with Gasteiger partial charge in [0.25, 0.3) is 0 Å². The number of benzene rings is 1. The molecule has 0 radical (unpaired) electrons. The predicted octanol–water partition coefficient (Wildman–Crippen LogP) is 3.14. The highest BCUT2D eigenvalue weighted by Crippen LogP contribution is 2.12. The highest BCUT2D eigenvalue weighted by atomic mass is 16.5. The molecule has 1 N–H and O–H groups in total. The summed E-state index contributed by atoms with van der Waals surface area (Å²) in [6.45, 7) is 7.13. The third-order valence-electron chi connectivity index (χ3n) is 2.74. The van der Waals surface area contributed by atoms with Gasteiger partial charge in [-0.2, -0.15) is 0 Å². The van der Waals surface area contributed by atoms with Crippen molar-refractivity contribution in [1.82, 2.24) is 5.32 Å². The van der Waals surface area contributed by atoms with E-state index in [4.69, 9.17) is 11.2 Å². The van der Waals surface area contributed by atoms with Gasteiger partial charge in [0.2, 0.25) is 0 Å². The Hall–Kier alpha value is -1.72. The van der Waals surface area contributed by atoms with E-state index in [0.29, 0.717) is 12.6 Å². The second-order valence-electron chi connectivity index (χ2n) is 4.14. The first kappa shape index (κ1) is 14.3. The van der Waals surface area contributed by atoms with Crippen LogP contribution in [0.1, 0.15) is 25.3 Å². The summed E-state index contributed by atoms with van der Waals surface area (Å²) in [6, 6.07) is 8.47. The molecular weight excluding hydrogens is 222 g/mol. The van der Waals surface area contributed by atoms with Crippen LogP contribution in [-0.2, 0) is 6.54 Å². The lowest BCUT2D eigenvalue weighted by molar-refractivity contribution is 0.363. The van der Waals surface area contributed by atoms with Crippen molar-refractivity contribution in [1.29, 1.82) is 0 Å². The molecule has 0 aliphatic heterocycles. The van der Waals surface area contributed by atoms with E-state index in [0.717, 1.165) is 25.1 Å². The van der Waals surface area contributed by atoms with Crippen LogP contribution >= 0.6 is 0 Å². The van der Waals surface area contributed by atoms with Gasteiger partial charge in [0.15, 0.2) is 0 Å². The minimum Gasteiger partial charge on any atom is -0.490 e. The molecule has 18 heavy (non-hydrogen) atoms. The Kier molecular flexibility index (Phi) is 6.68. The Balaban J connectivity index is 2.43. The van der Waals surface area contributed by atoms with Crippen LogP contribution in [0.4, 0.5) is 0 Å². The molecule has 0 fully saturated rings. The van der Waals surface area contributed by atoms with Gasteiger partial charge in [0.1, 0.15) is 12.4 Å². The van der Waals surface area contributed by atoms with Crippen LogP contribution in [0.3, 0.4) is 0 Å². The Labute approximate surface area is 110 Å². The summed E-state index contributed by atoms with van der Waals surface area (Å²) in [5, 5.41) is 3.45. The Morgan fingerprint density at radius 3 is 2.72 bits per heavy atom. The van der Waals surface area contributed by atoms with Crippen molar-refractivity contribution in [3.8, 4) is 18.1 Å². The van der Waals surface area contributed by atoms with Crippen molar-refractivity contribution >= 4 is 0 Å². The largest absolute Gasteiger partial charge is 0.490 e. The smallest absolute Gasteiger partial charge is 0.119 e. The molecule has 0 bridgehead atoms. The third-order valence-corrected chi connectivity index (χ3v) is 2.74. The van der Waals surface area contributed by atoms with Crippen molar-refractivity contribution in [3.63, 3.8) is 0 Å². The molecule has 1 atom stereocenters. The normalized spacial score (nSPS) is 11.6. The Morgan fingerprint density at radius 2 is 2.17 bits per heavy atom. The van der Waals surface area contributed by atoms with Crippen molar-refractivity contribution in [2.24, 2.45) is 0 Å². The molecular formula is C16H21NO. The van der Waals surface area contributed by atoms with Gasteiger partial charge in [-0.1, -0.05) is 31.7 Å². The quantitative estimate of drug-likeness (QED) is 0.559. The van der Waals surface area contributed by atoms with E-state index < -0.39 is 0 Å². The number of hydrogen-bond donors (Lipinski definition) is 1. The average molecular weight is 243 g/mol. The summed E-state index contributed by atoms with van der Waals surface area (Å²) < 4.78 is 5.43. The van der Waals surface area contributed by atoms with Crippen LogP contribution in [-0.4, -0.2) is 12.6 Å². The average Bonchev–Trinajstić information content (AvgIpc) is 2.42. The number of ether oxygens (including phenoxy) is 1. The third kappa shape index (κ3) is 5.07. The molecule has 0 aliphatic rings. The first-order chi connectivity index (χ1) is 8.80. The summed E-state index contributed by atoms with van der Waals surface area (Å²) in [4.78, 5) is 0. The second kappa shape index (κ2) is 8.38. The molecule has 96 valence electrons. The lowest BCUT2D eigenvalue weighted by atomic mass is 10.1. The van der Waals surface area contributed by atoms with Crippen LogP contribution in [0.25, 0.3) is 0 Å². The van der Waals surface area contributed by atoms with Crippen LogP contribution in [0.2, 0.25) is 0 Å². The zero-order valence-electron chi connectivity index (χ0n) is 11.0. The molecule has 1 rings (SSSR count). The number of terminal acetylenes is 1. The van der Waals surface area contributed by atoms with Gasteiger partial charge in [-0.15, -0.1) is 12.3 Å². The van der Waals surface area contributed by atoms with E-state index in [1.807, 2.05) is 12.1 Å². The van der Waals surface area contributed by atoms with Crippen molar-refractivity contribution in [2.45, 2.75) is 32.4 Å². The van der Waals surface area contributed by atoms with Crippen molar-refractivity contribution < 1.29 is 4.74 Å². The standard InChI is InChI=1S/C16H21NO/c1-4-7-15(6-3)17-13-14-8-10-16(11-9-14)18-12-5-2/h1,5,8-11,15,17H,2,6-7,12-13H2,3H3. The number of hydrogen-bond acceptors (Lipinski definition) is 2. The Bertz CT molecular complexity index is 389. The monoisotopic (exact) mass is 243 g/mol. The molecule has 0 amide bonds. The van der Waals surface area contributed by atoms with Crippen LogP contribution in [0, 0.1) is 12.3 Å². The van der Waals surface area contributed by atoms with Gasteiger partial charge in [0.05, 0.1) is 0 Å². The molecule has 1 aromatic carbocycles. The summed E-state index contributed by atoms with van der Waals surface area (Å²) >= 11 is 0.